The Hall–Kier alpha value is -1.89. The Labute approximate surface area is 134 Å². The third kappa shape index (κ3) is 3.30. The summed E-state index contributed by atoms with van der Waals surface area (Å²) in [5.74, 6) is 1.37. The molecule has 0 fully saturated rings. The van der Waals surface area contributed by atoms with Gasteiger partial charge in [-0.15, -0.1) is 0 Å². The predicted octanol–water partition coefficient (Wildman–Crippen LogP) is 5.60. The van der Waals surface area contributed by atoms with Crippen LogP contribution >= 0.6 is 0 Å². The minimum absolute atomic E-state index is 0.634. The van der Waals surface area contributed by atoms with Gasteiger partial charge in [0, 0.05) is 11.3 Å². The van der Waals surface area contributed by atoms with Crippen molar-refractivity contribution in [1.82, 2.24) is 4.98 Å². The first-order valence-electron chi connectivity index (χ1n) is 8.28. The van der Waals surface area contributed by atoms with Gasteiger partial charge in [-0.1, -0.05) is 49.3 Å². The van der Waals surface area contributed by atoms with Crippen LogP contribution in [0.4, 0.5) is 0 Å². The van der Waals surface area contributed by atoms with Crippen molar-refractivity contribution in [3.63, 3.8) is 0 Å². The lowest BCUT2D eigenvalue weighted by Gasteiger charge is -2.21. The Morgan fingerprint density at radius 2 is 1.82 bits per heavy atom. The highest BCUT2D eigenvalue weighted by Gasteiger charge is 2.17. The Kier molecular flexibility index (Phi) is 4.15. The number of aromatic nitrogens is 1. The minimum atomic E-state index is 0.634. The summed E-state index contributed by atoms with van der Waals surface area (Å²) in [5, 5.41) is 0. The number of nitrogens with zero attached hydrogens (tertiary/aromatic N) is 1. The number of hydrogen-bond donors (Lipinski definition) is 0. The zero-order valence-electron chi connectivity index (χ0n) is 14.1. The van der Waals surface area contributed by atoms with Crippen LogP contribution in [0.15, 0.2) is 36.4 Å². The number of fused-ring (bicyclic) bond motifs is 1. The van der Waals surface area contributed by atoms with Gasteiger partial charge in [0.1, 0.15) is 0 Å². The molecule has 0 bridgehead atoms. The summed E-state index contributed by atoms with van der Waals surface area (Å²) in [6.45, 7) is 8.89. The molecular formula is C21H25N. The Morgan fingerprint density at radius 3 is 2.50 bits per heavy atom. The van der Waals surface area contributed by atoms with E-state index >= 15 is 0 Å². The first-order chi connectivity index (χ1) is 10.5. The van der Waals surface area contributed by atoms with Gasteiger partial charge in [-0.05, 0) is 62.3 Å². The van der Waals surface area contributed by atoms with Crippen LogP contribution in [0.2, 0.25) is 0 Å². The van der Waals surface area contributed by atoms with Crippen molar-refractivity contribution in [3.05, 3.63) is 58.8 Å². The monoisotopic (exact) mass is 291 g/mol. The second-order valence-corrected chi connectivity index (χ2v) is 7.06. The molecule has 22 heavy (non-hydrogen) atoms. The largest absolute Gasteiger partial charge is 0.252 e. The number of benzene rings is 1. The summed E-state index contributed by atoms with van der Waals surface area (Å²) >= 11 is 0. The number of allylic oxidation sites excluding steroid dienone is 1. The number of aryl methyl sites for hydroxylation is 2. The van der Waals surface area contributed by atoms with Crippen LogP contribution < -0.4 is 0 Å². The third-order valence-electron chi connectivity index (χ3n) is 4.30. The molecule has 1 nitrogen and oxygen atoms in total. The maximum atomic E-state index is 4.97. The summed E-state index contributed by atoms with van der Waals surface area (Å²) in [5.41, 5.74) is 7.47. The van der Waals surface area contributed by atoms with Crippen molar-refractivity contribution in [1.29, 1.82) is 0 Å². The molecule has 1 aromatic heterocycles. The standard InChI is InChI=1S/C21H25N/c1-14(2)9-17-5-6-18-7-8-20(22-21(18)13-17)19-11-15(3)10-16(4)12-19/h5-8,10-12,14,17H,9,13H2,1-4H3/t17-/m0/s1. The molecule has 1 atom stereocenters. The van der Waals surface area contributed by atoms with E-state index in [2.05, 4.69) is 70.2 Å². The fourth-order valence-corrected chi connectivity index (χ4v) is 3.43. The average molecular weight is 291 g/mol. The van der Waals surface area contributed by atoms with E-state index in [1.807, 2.05) is 0 Å². The zero-order valence-corrected chi connectivity index (χ0v) is 14.1. The van der Waals surface area contributed by atoms with E-state index in [0.29, 0.717) is 5.92 Å². The SMILES string of the molecule is Cc1cc(C)cc(-c2ccc3c(n2)C[C@H](CC(C)C)C=C3)c1. The Balaban J connectivity index is 1.93. The fourth-order valence-electron chi connectivity index (χ4n) is 3.43. The summed E-state index contributed by atoms with van der Waals surface area (Å²) < 4.78 is 0. The number of pyridine rings is 1. The first-order valence-corrected chi connectivity index (χ1v) is 8.28. The van der Waals surface area contributed by atoms with E-state index in [-0.39, 0.29) is 0 Å². The molecule has 1 aliphatic rings. The van der Waals surface area contributed by atoms with Crippen molar-refractivity contribution < 1.29 is 0 Å². The fraction of sp³-hybridized carbons (Fsp3) is 0.381. The van der Waals surface area contributed by atoms with Crippen LogP contribution in [0.1, 0.15) is 42.7 Å². The maximum Gasteiger partial charge on any atom is 0.0705 e. The van der Waals surface area contributed by atoms with Gasteiger partial charge in [0.25, 0.3) is 0 Å². The molecule has 0 spiro atoms. The van der Waals surface area contributed by atoms with Crippen molar-refractivity contribution in [2.45, 2.75) is 40.5 Å². The third-order valence-corrected chi connectivity index (χ3v) is 4.30. The second kappa shape index (κ2) is 6.08. The smallest absolute Gasteiger partial charge is 0.0705 e. The van der Waals surface area contributed by atoms with Gasteiger partial charge in [-0.3, -0.25) is 4.98 Å². The molecule has 0 N–H and O–H groups in total. The second-order valence-electron chi connectivity index (χ2n) is 7.06. The van der Waals surface area contributed by atoms with E-state index in [4.69, 9.17) is 4.98 Å². The Bertz CT molecular complexity index is 690. The van der Waals surface area contributed by atoms with Crippen LogP contribution in [-0.4, -0.2) is 4.98 Å². The number of hydrogen-bond acceptors (Lipinski definition) is 1. The molecule has 1 heterocycles. The van der Waals surface area contributed by atoms with Crippen LogP contribution in [0.5, 0.6) is 0 Å². The topological polar surface area (TPSA) is 12.9 Å². The van der Waals surface area contributed by atoms with Crippen molar-refractivity contribution in [3.8, 4) is 11.3 Å². The van der Waals surface area contributed by atoms with Crippen LogP contribution in [-0.2, 0) is 6.42 Å². The lowest BCUT2D eigenvalue weighted by Crippen LogP contribution is -2.11. The first kappa shape index (κ1) is 15.0. The molecule has 114 valence electrons. The lowest BCUT2D eigenvalue weighted by molar-refractivity contribution is 0.468. The molecule has 1 aromatic carbocycles. The van der Waals surface area contributed by atoms with Crippen LogP contribution in [0.3, 0.4) is 0 Å². The summed E-state index contributed by atoms with van der Waals surface area (Å²) in [6.07, 6.45) is 6.93. The highest BCUT2D eigenvalue weighted by atomic mass is 14.7. The van der Waals surface area contributed by atoms with E-state index in [1.54, 1.807) is 0 Å². The summed E-state index contributed by atoms with van der Waals surface area (Å²) in [6, 6.07) is 11.0. The van der Waals surface area contributed by atoms with Crippen LogP contribution in [0.25, 0.3) is 17.3 Å². The van der Waals surface area contributed by atoms with Gasteiger partial charge in [0.05, 0.1) is 5.69 Å². The van der Waals surface area contributed by atoms with E-state index in [0.717, 1.165) is 18.0 Å². The van der Waals surface area contributed by atoms with Crippen molar-refractivity contribution in [2.24, 2.45) is 11.8 Å². The molecule has 3 rings (SSSR count). The quantitative estimate of drug-likeness (QED) is 0.717. The van der Waals surface area contributed by atoms with E-state index < -0.39 is 0 Å². The zero-order chi connectivity index (χ0) is 15.7. The molecule has 0 amide bonds. The molecule has 0 saturated carbocycles. The predicted molar refractivity (Wildman–Crippen MR) is 94.8 cm³/mol. The van der Waals surface area contributed by atoms with E-state index in [9.17, 15) is 0 Å². The molecule has 0 radical (unpaired) electrons. The van der Waals surface area contributed by atoms with Crippen molar-refractivity contribution in [2.75, 3.05) is 0 Å². The molecule has 2 aromatic rings. The van der Waals surface area contributed by atoms with Gasteiger partial charge in [0.2, 0.25) is 0 Å². The maximum absolute atomic E-state index is 4.97. The summed E-state index contributed by atoms with van der Waals surface area (Å²) in [7, 11) is 0. The highest BCUT2D eigenvalue weighted by molar-refractivity contribution is 5.65. The van der Waals surface area contributed by atoms with Gasteiger partial charge < -0.3 is 0 Å². The van der Waals surface area contributed by atoms with Gasteiger partial charge in [0.15, 0.2) is 0 Å². The molecular weight excluding hydrogens is 266 g/mol. The molecule has 1 heteroatoms. The number of rotatable bonds is 3. The molecule has 0 unspecified atom stereocenters. The minimum Gasteiger partial charge on any atom is -0.252 e. The van der Waals surface area contributed by atoms with Gasteiger partial charge in [-0.2, -0.15) is 0 Å². The molecule has 0 saturated heterocycles. The van der Waals surface area contributed by atoms with Crippen LogP contribution in [0, 0.1) is 25.7 Å². The average Bonchev–Trinajstić information content (AvgIpc) is 2.45. The highest BCUT2D eigenvalue weighted by Crippen LogP contribution is 2.29. The van der Waals surface area contributed by atoms with Crippen molar-refractivity contribution >= 4 is 6.08 Å². The van der Waals surface area contributed by atoms with Gasteiger partial charge >= 0.3 is 0 Å². The molecule has 0 aliphatic heterocycles. The molecule has 1 aliphatic carbocycles. The van der Waals surface area contributed by atoms with Gasteiger partial charge in [-0.25, -0.2) is 0 Å². The Morgan fingerprint density at radius 1 is 1.09 bits per heavy atom. The normalized spacial score (nSPS) is 16.9. The summed E-state index contributed by atoms with van der Waals surface area (Å²) in [4.78, 5) is 4.97. The van der Waals surface area contributed by atoms with E-state index in [1.165, 1.54) is 34.4 Å². The lowest BCUT2D eigenvalue weighted by atomic mass is 9.87.